The molecule has 0 aliphatic carbocycles. The normalized spacial score (nSPS) is 11.2. The Bertz CT molecular complexity index is 1030. The van der Waals surface area contributed by atoms with Gasteiger partial charge in [0, 0.05) is 22.7 Å². The van der Waals surface area contributed by atoms with E-state index < -0.39 is 0 Å². The summed E-state index contributed by atoms with van der Waals surface area (Å²) in [5, 5.41) is 11.6. The van der Waals surface area contributed by atoms with Gasteiger partial charge in [-0.15, -0.1) is 0 Å². The highest BCUT2D eigenvalue weighted by atomic mass is 16.2. The number of hydrazone groups is 1. The molecule has 4 rings (SSSR count). The molecule has 0 aliphatic heterocycles. The molecule has 0 saturated carbocycles. The summed E-state index contributed by atoms with van der Waals surface area (Å²) in [5.74, 6) is -0.300. The van der Waals surface area contributed by atoms with Crippen molar-refractivity contribution in [3.63, 3.8) is 0 Å². The molecule has 0 saturated heterocycles. The van der Waals surface area contributed by atoms with Gasteiger partial charge in [-0.05, 0) is 17.7 Å². The monoisotopic (exact) mass is 329 g/mol. The summed E-state index contributed by atoms with van der Waals surface area (Å²) in [7, 11) is 0. The molecule has 6 nitrogen and oxygen atoms in total. The van der Waals surface area contributed by atoms with E-state index >= 15 is 0 Å². The minimum Gasteiger partial charge on any atom is -0.350 e. The van der Waals surface area contributed by atoms with Crippen LogP contribution in [0.25, 0.3) is 22.0 Å². The Morgan fingerprint density at radius 1 is 1.04 bits per heavy atom. The number of nitrogens with one attached hydrogen (secondary N) is 3. The number of hydrogen-bond donors (Lipinski definition) is 3. The average Bonchev–Trinajstić information content (AvgIpc) is 3.30. The van der Waals surface area contributed by atoms with Crippen LogP contribution in [0.4, 0.5) is 0 Å². The zero-order chi connectivity index (χ0) is 17.1. The molecule has 2 aromatic carbocycles. The topological polar surface area (TPSA) is 85.9 Å². The molecule has 1 amide bonds. The number of carbonyl (C=O) groups excluding carboxylic acids is 1. The lowest BCUT2D eigenvalue weighted by atomic mass is 10.0. The van der Waals surface area contributed by atoms with Crippen molar-refractivity contribution in [1.29, 1.82) is 0 Å². The van der Waals surface area contributed by atoms with Crippen LogP contribution in [-0.4, -0.2) is 27.3 Å². The van der Waals surface area contributed by atoms with E-state index in [0.717, 1.165) is 22.0 Å². The number of para-hydroxylation sites is 1. The highest BCUT2D eigenvalue weighted by Gasteiger charge is 2.18. The Labute approximate surface area is 143 Å². The summed E-state index contributed by atoms with van der Waals surface area (Å²) in [6.07, 6.45) is 3.13. The number of benzene rings is 2. The van der Waals surface area contributed by atoms with Gasteiger partial charge in [0.2, 0.25) is 0 Å². The van der Waals surface area contributed by atoms with Gasteiger partial charge in [0.05, 0.1) is 11.9 Å². The van der Waals surface area contributed by atoms with E-state index in [9.17, 15) is 4.79 Å². The van der Waals surface area contributed by atoms with Gasteiger partial charge in [-0.1, -0.05) is 48.5 Å². The summed E-state index contributed by atoms with van der Waals surface area (Å²) < 4.78 is 0. The number of rotatable bonds is 4. The maximum Gasteiger partial charge on any atom is 0.288 e. The molecule has 0 unspecified atom stereocenters. The zero-order valence-corrected chi connectivity index (χ0v) is 13.2. The van der Waals surface area contributed by atoms with E-state index in [4.69, 9.17) is 0 Å². The van der Waals surface area contributed by atoms with Gasteiger partial charge < -0.3 is 4.98 Å². The number of nitrogens with zero attached hydrogens (tertiary/aromatic N) is 2. The largest absolute Gasteiger partial charge is 0.350 e. The maximum absolute atomic E-state index is 12.7. The van der Waals surface area contributed by atoms with Gasteiger partial charge in [0.25, 0.3) is 5.91 Å². The van der Waals surface area contributed by atoms with Gasteiger partial charge in [0.15, 0.2) is 0 Å². The van der Waals surface area contributed by atoms with Crippen LogP contribution in [0.5, 0.6) is 0 Å². The summed E-state index contributed by atoms with van der Waals surface area (Å²) >= 11 is 0. The first-order chi connectivity index (χ1) is 12.3. The first kappa shape index (κ1) is 14.9. The van der Waals surface area contributed by atoms with E-state index in [0.29, 0.717) is 11.4 Å². The highest BCUT2D eigenvalue weighted by molar-refractivity contribution is 6.09. The summed E-state index contributed by atoms with van der Waals surface area (Å²) in [6, 6.07) is 19.4. The fourth-order valence-corrected chi connectivity index (χ4v) is 2.77. The molecule has 2 heterocycles. The van der Waals surface area contributed by atoms with Crippen molar-refractivity contribution >= 4 is 23.0 Å². The molecule has 25 heavy (non-hydrogen) atoms. The molecule has 2 aromatic heterocycles. The van der Waals surface area contributed by atoms with Crippen LogP contribution >= 0.6 is 0 Å². The van der Waals surface area contributed by atoms with Crippen LogP contribution in [0, 0.1) is 0 Å². The van der Waals surface area contributed by atoms with Gasteiger partial charge in [-0.25, -0.2) is 5.43 Å². The molecule has 4 aromatic rings. The van der Waals surface area contributed by atoms with Gasteiger partial charge in [0.1, 0.15) is 5.69 Å². The predicted molar refractivity (Wildman–Crippen MR) is 97.4 cm³/mol. The number of aromatic amines is 2. The number of hydrogen-bond acceptors (Lipinski definition) is 3. The lowest BCUT2D eigenvalue weighted by Crippen LogP contribution is -2.18. The van der Waals surface area contributed by atoms with E-state index in [1.54, 1.807) is 12.3 Å². The number of fused-ring (bicyclic) bond motifs is 1. The fourth-order valence-electron chi connectivity index (χ4n) is 2.77. The Balaban J connectivity index is 1.72. The molecular weight excluding hydrogens is 314 g/mol. The standard InChI is InChI=1S/C19H15N5O/c25-19(24-21-12-14-10-11-20-23-14)18-17(13-6-2-1-3-7-13)15-8-4-5-9-16(15)22-18/h1-12,22H,(H,20,23)(H,24,25). The van der Waals surface area contributed by atoms with E-state index in [1.807, 2.05) is 54.6 Å². The van der Waals surface area contributed by atoms with Crippen molar-refractivity contribution in [2.75, 3.05) is 0 Å². The van der Waals surface area contributed by atoms with Crippen molar-refractivity contribution in [3.8, 4) is 11.1 Å². The molecule has 0 radical (unpaired) electrons. The van der Waals surface area contributed by atoms with Crippen LogP contribution < -0.4 is 5.43 Å². The highest BCUT2D eigenvalue weighted by Crippen LogP contribution is 2.32. The molecule has 3 N–H and O–H groups in total. The van der Waals surface area contributed by atoms with Gasteiger partial charge in [-0.3, -0.25) is 9.89 Å². The van der Waals surface area contributed by atoms with Crippen LogP contribution in [0.2, 0.25) is 0 Å². The quantitative estimate of drug-likeness (QED) is 0.396. The third-order valence-electron chi connectivity index (χ3n) is 3.89. The molecule has 0 spiro atoms. The molecule has 0 bridgehead atoms. The number of H-pyrrole nitrogens is 2. The van der Waals surface area contributed by atoms with Crippen molar-refractivity contribution in [2.45, 2.75) is 0 Å². The van der Waals surface area contributed by atoms with Crippen molar-refractivity contribution in [1.82, 2.24) is 20.6 Å². The van der Waals surface area contributed by atoms with Crippen LogP contribution in [0.3, 0.4) is 0 Å². The second kappa shape index (κ2) is 6.45. The Morgan fingerprint density at radius 3 is 2.64 bits per heavy atom. The van der Waals surface area contributed by atoms with Crippen molar-refractivity contribution < 1.29 is 4.79 Å². The molecular formula is C19H15N5O. The summed E-state index contributed by atoms with van der Waals surface area (Å²) in [5.41, 5.74) is 6.50. The minimum absolute atomic E-state index is 0.300. The minimum atomic E-state index is -0.300. The maximum atomic E-state index is 12.7. The van der Waals surface area contributed by atoms with Crippen LogP contribution in [0.15, 0.2) is 72.0 Å². The van der Waals surface area contributed by atoms with Crippen molar-refractivity contribution in [3.05, 3.63) is 78.2 Å². The Kier molecular flexibility index (Phi) is 3.84. The second-order valence-corrected chi connectivity index (χ2v) is 5.50. The van der Waals surface area contributed by atoms with Gasteiger partial charge in [-0.2, -0.15) is 10.2 Å². The predicted octanol–water partition coefficient (Wildman–Crippen LogP) is 3.32. The van der Waals surface area contributed by atoms with Gasteiger partial charge >= 0.3 is 0 Å². The van der Waals surface area contributed by atoms with E-state index in [1.165, 1.54) is 6.21 Å². The number of amides is 1. The Morgan fingerprint density at radius 2 is 1.84 bits per heavy atom. The summed E-state index contributed by atoms with van der Waals surface area (Å²) in [4.78, 5) is 15.9. The molecule has 0 atom stereocenters. The molecule has 122 valence electrons. The average molecular weight is 329 g/mol. The third-order valence-corrected chi connectivity index (χ3v) is 3.89. The first-order valence-corrected chi connectivity index (χ1v) is 7.82. The summed E-state index contributed by atoms with van der Waals surface area (Å²) in [6.45, 7) is 0. The van der Waals surface area contributed by atoms with Crippen LogP contribution in [-0.2, 0) is 0 Å². The van der Waals surface area contributed by atoms with Crippen LogP contribution in [0.1, 0.15) is 16.2 Å². The lowest BCUT2D eigenvalue weighted by Gasteiger charge is -2.04. The molecule has 0 aliphatic rings. The fraction of sp³-hybridized carbons (Fsp3) is 0. The van der Waals surface area contributed by atoms with E-state index in [-0.39, 0.29) is 5.91 Å². The number of aromatic nitrogens is 3. The lowest BCUT2D eigenvalue weighted by molar-refractivity contribution is 0.0951. The SMILES string of the molecule is O=C(NN=Cc1ccn[nH]1)c1[nH]c2ccccc2c1-c1ccccc1. The second-order valence-electron chi connectivity index (χ2n) is 5.50. The van der Waals surface area contributed by atoms with E-state index in [2.05, 4.69) is 25.7 Å². The smallest absolute Gasteiger partial charge is 0.288 e. The number of carbonyl (C=O) groups is 1. The zero-order valence-electron chi connectivity index (χ0n) is 13.2. The Hall–Kier alpha value is -3.67. The molecule has 6 heteroatoms. The third kappa shape index (κ3) is 2.92. The first-order valence-electron chi connectivity index (χ1n) is 7.82. The van der Waals surface area contributed by atoms with Crippen molar-refractivity contribution in [2.24, 2.45) is 5.10 Å². The molecule has 0 fully saturated rings.